The Balaban J connectivity index is 1.82. The molecule has 0 aromatic rings. The predicted octanol–water partition coefficient (Wildman–Crippen LogP) is 0.504. The number of nitrogens with one attached hydrogen (secondary N) is 1. The van der Waals surface area contributed by atoms with Gasteiger partial charge in [0.25, 0.3) is 0 Å². The Morgan fingerprint density at radius 1 is 1.24 bits per heavy atom. The van der Waals surface area contributed by atoms with Crippen LogP contribution in [0.2, 0.25) is 0 Å². The van der Waals surface area contributed by atoms with E-state index in [1.165, 1.54) is 0 Å². The number of carbonyl (C=O) groups is 1. The van der Waals surface area contributed by atoms with Gasteiger partial charge in [-0.3, -0.25) is 9.69 Å². The van der Waals surface area contributed by atoms with Crippen LogP contribution in [0.1, 0.15) is 33.1 Å². The molecule has 1 amide bonds. The van der Waals surface area contributed by atoms with Crippen LogP contribution >= 0.6 is 0 Å². The van der Waals surface area contributed by atoms with E-state index in [1.54, 1.807) is 0 Å². The van der Waals surface area contributed by atoms with Crippen molar-refractivity contribution in [2.24, 2.45) is 17.6 Å². The zero-order valence-electron chi connectivity index (χ0n) is 13.9. The fourth-order valence-electron chi connectivity index (χ4n) is 3.62. The van der Waals surface area contributed by atoms with Crippen molar-refractivity contribution in [1.29, 1.82) is 0 Å². The normalized spacial score (nSPS) is 28.8. The molecule has 1 aliphatic carbocycles. The number of nitrogens with zero attached hydrogens (tertiary/aromatic N) is 2. The molecule has 1 saturated carbocycles. The molecule has 0 aromatic heterocycles. The molecule has 0 aromatic carbocycles. The molecule has 21 heavy (non-hydrogen) atoms. The maximum atomic E-state index is 12.4. The molecule has 1 heterocycles. The van der Waals surface area contributed by atoms with Crippen molar-refractivity contribution in [3.63, 3.8) is 0 Å². The van der Waals surface area contributed by atoms with Gasteiger partial charge in [0, 0.05) is 44.2 Å². The molecule has 5 heteroatoms. The molecule has 122 valence electrons. The molecule has 3 N–H and O–H groups in total. The molecule has 1 aliphatic heterocycles. The topological polar surface area (TPSA) is 61.6 Å². The summed E-state index contributed by atoms with van der Waals surface area (Å²) in [5.41, 5.74) is 5.80. The van der Waals surface area contributed by atoms with Crippen LogP contribution in [0, 0.1) is 11.8 Å². The van der Waals surface area contributed by atoms with Crippen LogP contribution in [0.3, 0.4) is 0 Å². The van der Waals surface area contributed by atoms with Gasteiger partial charge in [-0.1, -0.05) is 6.42 Å². The average Bonchev–Trinajstić information content (AvgIpc) is 2.94. The fourth-order valence-corrected chi connectivity index (χ4v) is 3.62. The highest BCUT2D eigenvalue weighted by Gasteiger charge is 2.34. The highest BCUT2D eigenvalue weighted by atomic mass is 16.1. The molecule has 0 bridgehead atoms. The minimum Gasteiger partial charge on any atom is -0.354 e. The number of carbonyl (C=O) groups excluding carboxylic acids is 1. The van der Waals surface area contributed by atoms with Gasteiger partial charge in [0.15, 0.2) is 0 Å². The van der Waals surface area contributed by atoms with Crippen molar-refractivity contribution in [2.45, 2.75) is 38.6 Å². The molecule has 0 radical (unpaired) electrons. The SMILES string of the molecule is CN1CCN(C(C)(C)CNC(=O)C2CCCC2CN)CC1. The van der Waals surface area contributed by atoms with Crippen molar-refractivity contribution in [1.82, 2.24) is 15.1 Å². The first kappa shape index (κ1) is 16.7. The maximum absolute atomic E-state index is 12.4. The Morgan fingerprint density at radius 3 is 2.52 bits per heavy atom. The largest absolute Gasteiger partial charge is 0.354 e. The summed E-state index contributed by atoms with van der Waals surface area (Å²) in [7, 11) is 2.17. The second-order valence-electron chi connectivity index (χ2n) is 7.35. The zero-order chi connectivity index (χ0) is 15.5. The van der Waals surface area contributed by atoms with Crippen molar-refractivity contribution in [2.75, 3.05) is 46.3 Å². The van der Waals surface area contributed by atoms with E-state index in [1.807, 2.05) is 0 Å². The lowest BCUT2D eigenvalue weighted by molar-refractivity contribution is -0.126. The monoisotopic (exact) mass is 296 g/mol. The van der Waals surface area contributed by atoms with Crippen molar-refractivity contribution < 1.29 is 4.79 Å². The summed E-state index contributed by atoms with van der Waals surface area (Å²) in [4.78, 5) is 17.2. The van der Waals surface area contributed by atoms with E-state index in [9.17, 15) is 4.79 Å². The molecule has 5 nitrogen and oxygen atoms in total. The van der Waals surface area contributed by atoms with Crippen LogP contribution in [0.4, 0.5) is 0 Å². The maximum Gasteiger partial charge on any atom is 0.223 e. The Labute approximate surface area is 129 Å². The van der Waals surface area contributed by atoms with Crippen LogP contribution < -0.4 is 11.1 Å². The lowest BCUT2D eigenvalue weighted by Gasteiger charge is -2.43. The van der Waals surface area contributed by atoms with E-state index in [0.29, 0.717) is 12.5 Å². The van der Waals surface area contributed by atoms with Crippen molar-refractivity contribution in [3.8, 4) is 0 Å². The highest BCUT2D eigenvalue weighted by molar-refractivity contribution is 5.79. The van der Waals surface area contributed by atoms with Crippen LogP contribution in [-0.4, -0.2) is 67.6 Å². The second kappa shape index (κ2) is 7.07. The Kier molecular flexibility index (Phi) is 5.63. The first-order valence-electron chi connectivity index (χ1n) is 8.35. The summed E-state index contributed by atoms with van der Waals surface area (Å²) in [5.74, 6) is 0.736. The zero-order valence-corrected chi connectivity index (χ0v) is 13.9. The number of piperazine rings is 1. The van der Waals surface area contributed by atoms with Crippen LogP contribution in [0.25, 0.3) is 0 Å². The lowest BCUT2D eigenvalue weighted by Crippen LogP contribution is -2.58. The van der Waals surface area contributed by atoms with E-state index >= 15 is 0 Å². The molecule has 2 atom stereocenters. The van der Waals surface area contributed by atoms with E-state index in [2.05, 4.69) is 36.0 Å². The Bertz CT molecular complexity index is 350. The minimum absolute atomic E-state index is 0.0216. The summed E-state index contributed by atoms with van der Waals surface area (Å²) in [6, 6.07) is 0. The number of amides is 1. The molecule has 0 spiro atoms. The molecule has 2 fully saturated rings. The van der Waals surface area contributed by atoms with Crippen LogP contribution in [0.5, 0.6) is 0 Å². The third kappa shape index (κ3) is 4.18. The summed E-state index contributed by atoms with van der Waals surface area (Å²) in [5, 5.41) is 3.19. The minimum atomic E-state index is 0.0216. The second-order valence-corrected chi connectivity index (χ2v) is 7.35. The van der Waals surface area contributed by atoms with E-state index in [-0.39, 0.29) is 17.4 Å². The summed E-state index contributed by atoms with van der Waals surface area (Å²) in [6.45, 7) is 10.2. The van der Waals surface area contributed by atoms with E-state index in [0.717, 1.165) is 52.0 Å². The summed E-state index contributed by atoms with van der Waals surface area (Å²) < 4.78 is 0. The van der Waals surface area contributed by atoms with Gasteiger partial charge >= 0.3 is 0 Å². The van der Waals surface area contributed by atoms with Gasteiger partial charge in [0.05, 0.1) is 0 Å². The summed E-state index contributed by atoms with van der Waals surface area (Å²) in [6.07, 6.45) is 3.25. The Morgan fingerprint density at radius 2 is 1.90 bits per heavy atom. The standard InChI is InChI=1S/C16H32N4O/c1-16(2,20-9-7-19(3)8-10-20)12-18-15(21)14-6-4-5-13(14)11-17/h13-14H,4-12,17H2,1-3H3,(H,18,21). The number of hydrogen-bond acceptors (Lipinski definition) is 4. The third-order valence-corrected chi connectivity index (χ3v) is 5.35. The van der Waals surface area contributed by atoms with Gasteiger partial charge in [-0.2, -0.15) is 0 Å². The quantitative estimate of drug-likeness (QED) is 0.776. The van der Waals surface area contributed by atoms with E-state index < -0.39 is 0 Å². The first-order chi connectivity index (χ1) is 9.94. The van der Waals surface area contributed by atoms with Gasteiger partial charge in [-0.25, -0.2) is 0 Å². The number of likely N-dealkylation sites (N-methyl/N-ethyl adjacent to an activating group) is 1. The smallest absolute Gasteiger partial charge is 0.223 e. The van der Waals surface area contributed by atoms with Gasteiger partial charge in [-0.15, -0.1) is 0 Å². The third-order valence-electron chi connectivity index (χ3n) is 5.35. The fraction of sp³-hybridized carbons (Fsp3) is 0.938. The molecule has 2 unspecified atom stereocenters. The first-order valence-corrected chi connectivity index (χ1v) is 8.35. The number of rotatable bonds is 5. The Hall–Kier alpha value is -0.650. The van der Waals surface area contributed by atoms with E-state index in [4.69, 9.17) is 5.73 Å². The summed E-state index contributed by atoms with van der Waals surface area (Å²) >= 11 is 0. The molecule has 2 aliphatic rings. The lowest BCUT2D eigenvalue weighted by atomic mass is 9.94. The molecule has 2 rings (SSSR count). The molecule has 1 saturated heterocycles. The van der Waals surface area contributed by atoms with Gasteiger partial charge < -0.3 is 16.0 Å². The molecular formula is C16H32N4O. The van der Waals surface area contributed by atoms with Crippen molar-refractivity contribution >= 4 is 5.91 Å². The number of hydrogen-bond donors (Lipinski definition) is 2. The van der Waals surface area contributed by atoms with Gasteiger partial charge in [0.1, 0.15) is 0 Å². The average molecular weight is 296 g/mol. The van der Waals surface area contributed by atoms with Crippen LogP contribution in [-0.2, 0) is 4.79 Å². The predicted molar refractivity (Wildman–Crippen MR) is 86.0 cm³/mol. The van der Waals surface area contributed by atoms with Gasteiger partial charge in [0.2, 0.25) is 5.91 Å². The highest BCUT2D eigenvalue weighted by Crippen LogP contribution is 2.31. The number of nitrogens with two attached hydrogens (primary N) is 1. The van der Waals surface area contributed by atoms with Crippen LogP contribution in [0.15, 0.2) is 0 Å². The van der Waals surface area contributed by atoms with Crippen molar-refractivity contribution in [3.05, 3.63) is 0 Å². The molecular weight excluding hydrogens is 264 g/mol. The van der Waals surface area contributed by atoms with Gasteiger partial charge in [-0.05, 0) is 46.2 Å².